The lowest BCUT2D eigenvalue weighted by atomic mass is 10.2. The van der Waals surface area contributed by atoms with Crippen LogP contribution >= 0.6 is 0 Å². The van der Waals surface area contributed by atoms with Crippen molar-refractivity contribution < 1.29 is 171 Å². The zero-order chi connectivity index (χ0) is 80.2. The van der Waals surface area contributed by atoms with Gasteiger partial charge in [0.1, 0.15) is 32.5 Å². The first-order chi connectivity index (χ1) is 53.8. The van der Waals surface area contributed by atoms with E-state index in [9.17, 15) is 38.4 Å². The minimum absolute atomic E-state index is 0.00938. The van der Waals surface area contributed by atoms with Gasteiger partial charge >= 0.3 is 24.1 Å². The number of aliphatic carboxylic acids is 1. The van der Waals surface area contributed by atoms with Crippen LogP contribution in [0, 0.1) is 0 Å². The first kappa shape index (κ1) is 105. The van der Waals surface area contributed by atoms with Crippen LogP contribution < -0.4 is 10.6 Å². The summed E-state index contributed by atoms with van der Waals surface area (Å²) < 4.78 is 147. The Balaban J connectivity index is 5.02. The molecule has 110 heavy (non-hydrogen) atoms. The number of carboxylic acid groups (broad SMARTS) is 1. The molecule has 2 amide bonds. The van der Waals surface area contributed by atoms with Crippen molar-refractivity contribution in [2.45, 2.75) is 88.9 Å². The molecule has 0 aliphatic rings. The summed E-state index contributed by atoms with van der Waals surface area (Å²) in [4.78, 5) is 98.0. The number of ketones is 4. The molecular weight excluding hydrogens is 1470 g/mol. The molecule has 0 unspecified atom stereocenters. The fourth-order valence-corrected chi connectivity index (χ4v) is 8.39. The summed E-state index contributed by atoms with van der Waals surface area (Å²) in [6, 6.07) is 0. The second-order valence-electron chi connectivity index (χ2n) is 23.6. The van der Waals surface area contributed by atoms with Crippen LogP contribution in [-0.2, 0) is 157 Å². The third-order valence-corrected chi connectivity index (χ3v) is 13.9. The number of nitrogens with one attached hydrogen (secondary N) is 2. The Morgan fingerprint density at radius 2 is 0.455 bits per heavy atom. The van der Waals surface area contributed by atoms with Gasteiger partial charge in [0.2, 0.25) is 0 Å². The smallest absolute Gasteiger partial charge is 0.407 e. The molecule has 0 heterocycles. The number of alkyl carbamates (subject to hydrolysis) is 2. The van der Waals surface area contributed by atoms with Gasteiger partial charge in [-0.2, -0.15) is 0 Å². The molecule has 0 saturated carbocycles. The van der Waals surface area contributed by atoms with Crippen molar-refractivity contribution in [2.75, 3.05) is 332 Å². The summed E-state index contributed by atoms with van der Waals surface area (Å²) >= 11 is 0. The number of carbonyl (C=O) groups is 8. The average Bonchev–Trinajstić information content (AvgIpc) is 0.993. The van der Waals surface area contributed by atoms with Crippen molar-refractivity contribution >= 4 is 47.3 Å². The normalized spacial score (nSPS) is 11.5. The molecule has 0 aromatic heterocycles. The van der Waals surface area contributed by atoms with Crippen LogP contribution in [0.3, 0.4) is 0 Å². The van der Waals surface area contributed by atoms with E-state index in [-0.39, 0.29) is 214 Å². The molecule has 0 saturated heterocycles. The highest BCUT2D eigenvalue weighted by atomic mass is 16.6. The highest BCUT2D eigenvalue weighted by Gasteiger charge is 2.20. The van der Waals surface area contributed by atoms with Crippen molar-refractivity contribution in [3.05, 3.63) is 0 Å². The maximum Gasteiger partial charge on any atom is 0.407 e. The molecule has 0 atom stereocenters. The molecule has 38 nitrogen and oxygen atoms in total. The van der Waals surface area contributed by atoms with E-state index in [1.165, 1.54) is 0 Å². The lowest BCUT2D eigenvalue weighted by Crippen LogP contribution is -2.36. The summed E-state index contributed by atoms with van der Waals surface area (Å²) in [6.45, 7) is 9.62. The Morgan fingerprint density at radius 1 is 0.236 bits per heavy atom. The van der Waals surface area contributed by atoms with Crippen molar-refractivity contribution in [1.82, 2.24) is 10.6 Å². The van der Waals surface area contributed by atoms with Gasteiger partial charge in [-0.3, -0.25) is 28.8 Å². The van der Waals surface area contributed by atoms with E-state index in [0.29, 0.717) is 184 Å². The number of carbonyl (C=O) groups excluding carboxylic acids is 7. The van der Waals surface area contributed by atoms with Crippen LogP contribution in [0.1, 0.15) is 70.6 Å². The molecule has 0 spiro atoms. The largest absolute Gasteiger partial charge is 0.481 e. The van der Waals surface area contributed by atoms with Gasteiger partial charge in [-0.15, -0.1) is 0 Å². The van der Waals surface area contributed by atoms with Crippen LogP contribution in [0.2, 0.25) is 0 Å². The first-order valence-electron chi connectivity index (χ1n) is 37.7. The van der Waals surface area contributed by atoms with E-state index in [1.807, 2.05) is 0 Å². The predicted octanol–water partition coefficient (Wildman–Crippen LogP) is 1.66. The predicted molar refractivity (Wildman–Crippen MR) is 389 cm³/mol. The number of amides is 2. The van der Waals surface area contributed by atoms with Crippen LogP contribution in [0.15, 0.2) is 0 Å². The van der Waals surface area contributed by atoms with Gasteiger partial charge in [-0.1, -0.05) is 0 Å². The molecule has 646 valence electrons. The Kier molecular flexibility index (Phi) is 81.4. The number of hydrogen-bond donors (Lipinski definition) is 3. The lowest BCUT2D eigenvalue weighted by Gasteiger charge is -2.19. The van der Waals surface area contributed by atoms with Crippen LogP contribution in [-0.4, -0.2) is 403 Å². The van der Waals surface area contributed by atoms with Crippen LogP contribution in [0.25, 0.3) is 0 Å². The van der Waals surface area contributed by atoms with Gasteiger partial charge in [0.25, 0.3) is 0 Å². The van der Waals surface area contributed by atoms with Gasteiger partial charge in [-0.05, 0) is 32.1 Å². The molecule has 0 bridgehead atoms. The highest BCUT2D eigenvalue weighted by Crippen LogP contribution is 2.06. The van der Waals surface area contributed by atoms with Crippen molar-refractivity contribution in [1.29, 1.82) is 0 Å². The Bertz CT molecular complexity index is 1910. The third kappa shape index (κ3) is 81.2. The summed E-state index contributed by atoms with van der Waals surface area (Å²) in [7, 11) is 6.34. The van der Waals surface area contributed by atoms with Gasteiger partial charge in [0.15, 0.2) is 35.3 Å². The zero-order valence-electron chi connectivity index (χ0n) is 65.8. The summed E-state index contributed by atoms with van der Waals surface area (Å²) in [6.07, 6.45) is -1.14. The number of carboxylic acids is 1. The molecule has 3 N–H and O–H groups in total. The average molecular weight is 1600 g/mol. The number of methoxy groups -OCH3 is 4. The third-order valence-electron chi connectivity index (χ3n) is 13.9. The molecule has 0 rings (SSSR count). The molecule has 0 aromatic rings. The van der Waals surface area contributed by atoms with E-state index in [2.05, 4.69) is 10.6 Å². The molecule has 0 aliphatic carbocycles. The maximum absolute atomic E-state index is 12.9. The molecule has 38 heteroatoms. The Labute approximate surface area is 648 Å². The number of ether oxygens (including phenoxy) is 27. The minimum atomic E-state index is -1.05. The number of esters is 1. The van der Waals surface area contributed by atoms with Crippen molar-refractivity contribution in [3.63, 3.8) is 0 Å². The minimum Gasteiger partial charge on any atom is -0.481 e. The molecule has 0 radical (unpaired) electrons. The number of hydrogen-bond acceptors (Lipinski definition) is 35. The van der Waals surface area contributed by atoms with Gasteiger partial charge < -0.3 is 144 Å². The molecule has 0 aliphatic heterocycles. The van der Waals surface area contributed by atoms with Crippen molar-refractivity contribution in [3.8, 4) is 0 Å². The number of rotatable bonds is 91. The van der Waals surface area contributed by atoms with E-state index in [4.69, 9.17) is 133 Å². The quantitative estimate of drug-likeness (QED) is 0.0443. The first-order valence-corrected chi connectivity index (χ1v) is 37.7. The number of Topliss-reactive ketones (excluding diaryl/α,β-unsaturated/α-hetero) is 4. The highest BCUT2D eigenvalue weighted by molar-refractivity contribution is 5.80. The second kappa shape index (κ2) is 85.1. The van der Waals surface area contributed by atoms with E-state index in [1.54, 1.807) is 28.4 Å². The molecular formula is C72H132N2O36. The summed E-state index contributed by atoms with van der Waals surface area (Å²) in [5.74, 6) is -1.90. The topological polar surface area (TPSA) is 430 Å². The van der Waals surface area contributed by atoms with E-state index >= 15 is 0 Å². The lowest BCUT2D eigenvalue weighted by molar-refractivity contribution is -0.157. The standard InChI is InChI=1S/C72H132N2O36/c1-84-24-28-94-38-42-98-52-62(75)10-6-18-88-32-46-104-58-67(59-105-47-33-89-19-7-11-63(76)53-99-43-39-95-29-25-85-2)109-71(82)73-16-22-92-36-50-102-56-66(108-70(81)15-5-14-69(79)80)57-103-51-37-93-23-17-74-72(83)110-68(60-106-48-34-90-20-8-12-64(77)54-100-44-40-96-30-26-86-3)61-107-49-35-91-21-9-13-65(78)55-101-45-41-97-31-27-87-4/h66-68H,5-61H2,1-4H3,(H,73,82)(H,74,83)(H,79,80). The monoisotopic (exact) mass is 1600 g/mol. The zero-order valence-corrected chi connectivity index (χ0v) is 65.8. The molecule has 0 aromatic carbocycles. The van der Waals surface area contributed by atoms with Gasteiger partial charge in [-0.25, -0.2) is 9.59 Å². The van der Waals surface area contributed by atoms with E-state index in [0.717, 1.165) is 0 Å². The fraction of sp³-hybridized carbons (Fsp3) is 0.889. The van der Waals surface area contributed by atoms with E-state index < -0.39 is 42.4 Å². The Morgan fingerprint density at radius 3 is 0.709 bits per heavy atom. The van der Waals surface area contributed by atoms with Crippen molar-refractivity contribution in [2.24, 2.45) is 0 Å². The SMILES string of the molecule is COCCOCCOCC(=O)CCCOCCOCC(COCCOCCCC(=O)COCCOCCOC)OC(=O)NCCOCCOCC(COCCOCCNC(=O)OC(COCCOCCCC(=O)COCCOCCOC)COCCOCCCC(=O)COCCOCCOC)OC(=O)CCCC(=O)O. The molecule has 0 fully saturated rings. The second-order valence-corrected chi connectivity index (χ2v) is 23.6. The summed E-state index contributed by atoms with van der Waals surface area (Å²) in [5.41, 5.74) is 0. The summed E-state index contributed by atoms with van der Waals surface area (Å²) in [5, 5.41) is 14.3. The van der Waals surface area contributed by atoms with Crippen LogP contribution in [0.5, 0.6) is 0 Å². The Hall–Kier alpha value is -4.80. The fourth-order valence-electron chi connectivity index (χ4n) is 8.39. The maximum atomic E-state index is 12.9. The van der Waals surface area contributed by atoms with Gasteiger partial charge in [0, 0.05) is 106 Å². The van der Waals surface area contributed by atoms with Gasteiger partial charge in [0.05, 0.1) is 238 Å². The van der Waals surface area contributed by atoms with Crippen LogP contribution in [0.4, 0.5) is 9.59 Å².